The van der Waals surface area contributed by atoms with E-state index in [1.54, 1.807) is 0 Å². The summed E-state index contributed by atoms with van der Waals surface area (Å²) in [6, 6.07) is 0. The third-order valence-electron chi connectivity index (χ3n) is 3.31. The molecule has 2 fully saturated rings. The minimum atomic E-state index is -0.563. The fourth-order valence-electron chi connectivity index (χ4n) is 1.87. The molecule has 10 heavy (non-hydrogen) atoms. The summed E-state index contributed by atoms with van der Waals surface area (Å²) in [6.45, 7) is 2.11. The van der Waals surface area contributed by atoms with E-state index in [4.69, 9.17) is 5.11 Å². The Balaban J connectivity index is 2.22. The Labute approximate surface area is 60.2 Å². The smallest absolute Gasteiger partial charge is 0.310 e. The first-order chi connectivity index (χ1) is 4.61. The molecule has 2 nitrogen and oxygen atoms in total. The second kappa shape index (κ2) is 1.39. The first-order valence-electron chi connectivity index (χ1n) is 3.84. The van der Waals surface area contributed by atoms with Crippen LogP contribution in [0.2, 0.25) is 0 Å². The van der Waals surface area contributed by atoms with Gasteiger partial charge in [-0.05, 0) is 31.1 Å². The van der Waals surface area contributed by atoms with Gasteiger partial charge >= 0.3 is 5.97 Å². The molecule has 0 spiro atoms. The maximum absolute atomic E-state index is 10.8. The van der Waals surface area contributed by atoms with Gasteiger partial charge < -0.3 is 5.11 Å². The largest absolute Gasteiger partial charge is 0.481 e. The van der Waals surface area contributed by atoms with Gasteiger partial charge in [-0.25, -0.2) is 0 Å². The van der Waals surface area contributed by atoms with E-state index in [0.29, 0.717) is 0 Å². The Morgan fingerprint density at radius 3 is 1.90 bits per heavy atom. The number of hydrogen-bond acceptors (Lipinski definition) is 1. The number of hydrogen-bond donors (Lipinski definition) is 1. The predicted octanol–water partition coefficient (Wildman–Crippen LogP) is 1.65. The van der Waals surface area contributed by atoms with Crippen molar-refractivity contribution in [1.29, 1.82) is 0 Å². The normalized spacial score (nSPS) is 31.3. The van der Waals surface area contributed by atoms with E-state index in [1.807, 2.05) is 0 Å². The molecule has 2 rings (SSSR count). The molecule has 2 aliphatic rings. The zero-order valence-electron chi connectivity index (χ0n) is 6.18. The lowest BCUT2D eigenvalue weighted by Crippen LogP contribution is -2.24. The van der Waals surface area contributed by atoms with Gasteiger partial charge in [-0.15, -0.1) is 0 Å². The highest BCUT2D eigenvalue weighted by Gasteiger charge is 2.67. The van der Waals surface area contributed by atoms with Crippen molar-refractivity contribution in [1.82, 2.24) is 0 Å². The number of rotatable bonds is 2. The van der Waals surface area contributed by atoms with E-state index in [-0.39, 0.29) is 10.8 Å². The van der Waals surface area contributed by atoms with Crippen molar-refractivity contribution in [2.24, 2.45) is 10.8 Å². The zero-order chi connectivity index (χ0) is 7.41. The summed E-state index contributed by atoms with van der Waals surface area (Å²) >= 11 is 0. The number of carbonyl (C=O) groups is 1. The summed E-state index contributed by atoms with van der Waals surface area (Å²) in [6.07, 6.45) is 4.08. The Morgan fingerprint density at radius 1 is 1.30 bits per heavy atom. The average Bonchev–Trinajstić information content (AvgIpc) is 2.55. The van der Waals surface area contributed by atoms with Crippen LogP contribution in [-0.4, -0.2) is 11.1 Å². The van der Waals surface area contributed by atoms with Gasteiger partial charge in [-0.1, -0.05) is 6.92 Å². The molecule has 1 N–H and O–H groups in total. The van der Waals surface area contributed by atoms with Gasteiger partial charge in [-0.2, -0.15) is 0 Å². The van der Waals surface area contributed by atoms with Gasteiger partial charge in [0.15, 0.2) is 0 Å². The van der Waals surface area contributed by atoms with Crippen LogP contribution in [0, 0.1) is 10.8 Å². The van der Waals surface area contributed by atoms with Gasteiger partial charge in [0, 0.05) is 0 Å². The van der Waals surface area contributed by atoms with Crippen molar-refractivity contribution in [3.8, 4) is 0 Å². The molecule has 56 valence electrons. The van der Waals surface area contributed by atoms with Crippen LogP contribution in [0.25, 0.3) is 0 Å². The minimum absolute atomic E-state index is 0.179. The lowest BCUT2D eigenvalue weighted by molar-refractivity contribution is -0.146. The molecule has 0 aromatic carbocycles. The van der Waals surface area contributed by atoms with Crippen molar-refractivity contribution in [3.05, 3.63) is 0 Å². The average molecular weight is 140 g/mol. The second-order valence-electron chi connectivity index (χ2n) is 3.95. The summed E-state index contributed by atoms with van der Waals surface area (Å²) in [5.74, 6) is -0.563. The van der Waals surface area contributed by atoms with Crippen LogP contribution < -0.4 is 0 Å². The third kappa shape index (κ3) is 0.522. The SMILES string of the molecule is CC1(C2(C(=O)O)CC2)CC1. The van der Waals surface area contributed by atoms with Gasteiger partial charge in [-0.3, -0.25) is 4.79 Å². The second-order valence-corrected chi connectivity index (χ2v) is 3.95. The van der Waals surface area contributed by atoms with Crippen molar-refractivity contribution in [3.63, 3.8) is 0 Å². The first-order valence-corrected chi connectivity index (χ1v) is 3.84. The first kappa shape index (κ1) is 6.20. The molecule has 0 aliphatic heterocycles. The number of aliphatic carboxylic acids is 1. The van der Waals surface area contributed by atoms with Gasteiger partial charge in [0.1, 0.15) is 0 Å². The van der Waals surface area contributed by atoms with Gasteiger partial charge in [0.25, 0.3) is 0 Å². The zero-order valence-corrected chi connectivity index (χ0v) is 6.18. The predicted molar refractivity (Wildman–Crippen MR) is 36.6 cm³/mol. The van der Waals surface area contributed by atoms with E-state index in [9.17, 15) is 4.79 Å². The molecule has 0 atom stereocenters. The fourth-order valence-corrected chi connectivity index (χ4v) is 1.87. The van der Waals surface area contributed by atoms with Crippen LogP contribution in [0.4, 0.5) is 0 Å². The van der Waals surface area contributed by atoms with E-state index >= 15 is 0 Å². The van der Waals surface area contributed by atoms with E-state index in [2.05, 4.69) is 6.92 Å². The molecule has 0 radical (unpaired) electrons. The maximum atomic E-state index is 10.8. The number of carboxylic acid groups (broad SMARTS) is 1. The molecule has 0 unspecified atom stereocenters. The molecule has 2 heteroatoms. The molecule has 2 aliphatic carbocycles. The molecule has 0 amide bonds. The molecular formula is C8H12O2. The summed E-state index contributed by atoms with van der Waals surface area (Å²) < 4.78 is 0. The molecule has 0 heterocycles. The van der Waals surface area contributed by atoms with Gasteiger partial charge in [0.05, 0.1) is 5.41 Å². The quantitative estimate of drug-likeness (QED) is 0.633. The van der Waals surface area contributed by atoms with E-state index in [0.717, 1.165) is 25.7 Å². The Kier molecular flexibility index (Phi) is 0.859. The van der Waals surface area contributed by atoms with Crippen molar-refractivity contribution >= 4 is 5.97 Å². The topological polar surface area (TPSA) is 37.3 Å². The summed E-state index contributed by atoms with van der Waals surface area (Å²) in [7, 11) is 0. The van der Waals surface area contributed by atoms with Crippen LogP contribution in [0.15, 0.2) is 0 Å². The van der Waals surface area contributed by atoms with Crippen LogP contribution in [-0.2, 0) is 4.79 Å². The van der Waals surface area contributed by atoms with Crippen LogP contribution in [0.1, 0.15) is 32.6 Å². The Morgan fingerprint density at radius 2 is 1.80 bits per heavy atom. The van der Waals surface area contributed by atoms with Crippen molar-refractivity contribution < 1.29 is 9.90 Å². The lowest BCUT2D eigenvalue weighted by Gasteiger charge is -2.16. The Hall–Kier alpha value is -0.530. The summed E-state index contributed by atoms with van der Waals surface area (Å²) in [5.41, 5.74) is -0.105. The molecule has 0 aromatic rings. The molecule has 0 bridgehead atoms. The number of carboxylic acids is 1. The van der Waals surface area contributed by atoms with Crippen molar-refractivity contribution in [2.45, 2.75) is 32.6 Å². The van der Waals surface area contributed by atoms with Crippen molar-refractivity contribution in [2.75, 3.05) is 0 Å². The highest BCUT2D eigenvalue weighted by Crippen LogP contribution is 2.70. The fraction of sp³-hybridized carbons (Fsp3) is 0.875. The van der Waals surface area contributed by atoms with Crippen LogP contribution in [0.5, 0.6) is 0 Å². The molecule has 0 aromatic heterocycles. The molecular weight excluding hydrogens is 128 g/mol. The molecule has 0 saturated heterocycles. The van der Waals surface area contributed by atoms with E-state index < -0.39 is 5.97 Å². The standard InChI is InChI=1S/C8H12O2/c1-7(2-3-7)8(4-5-8)6(9)10/h2-5H2,1H3,(H,9,10). The molecule has 2 saturated carbocycles. The van der Waals surface area contributed by atoms with Crippen LogP contribution >= 0.6 is 0 Å². The van der Waals surface area contributed by atoms with Gasteiger partial charge in [0.2, 0.25) is 0 Å². The highest BCUT2D eigenvalue weighted by atomic mass is 16.4. The van der Waals surface area contributed by atoms with E-state index in [1.165, 1.54) is 0 Å². The summed E-state index contributed by atoms with van der Waals surface area (Å²) in [4.78, 5) is 10.8. The highest BCUT2D eigenvalue weighted by molar-refractivity contribution is 5.79. The third-order valence-corrected chi connectivity index (χ3v) is 3.31. The maximum Gasteiger partial charge on any atom is 0.310 e. The summed E-state index contributed by atoms with van der Waals surface area (Å²) in [5, 5.41) is 8.88. The Bertz CT molecular complexity index is 187. The lowest BCUT2D eigenvalue weighted by atomic mass is 9.88. The van der Waals surface area contributed by atoms with Crippen LogP contribution in [0.3, 0.4) is 0 Å². The monoisotopic (exact) mass is 140 g/mol. The minimum Gasteiger partial charge on any atom is -0.481 e.